The molecular weight excluding hydrogens is 324 g/mol. The minimum absolute atomic E-state index is 0.0136. The van der Waals surface area contributed by atoms with Crippen molar-refractivity contribution in [3.63, 3.8) is 0 Å². The first kappa shape index (κ1) is 17.3. The second kappa shape index (κ2) is 7.14. The van der Waals surface area contributed by atoms with Gasteiger partial charge < -0.3 is 10.2 Å². The highest BCUT2D eigenvalue weighted by atomic mass is 35.5. The van der Waals surface area contributed by atoms with Gasteiger partial charge in [-0.25, -0.2) is 0 Å². The van der Waals surface area contributed by atoms with E-state index in [2.05, 4.69) is 5.32 Å². The van der Waals surface area contributed by atoms with E-state index in [4.69, 9.17) is 11.6 Å². The average Bonchev–Trinajstić information content (AvgIpc) is 3.03. The molecule has 1 aliphatic carbocycles. The van der Waals surface area contributed by atoms with E-state index in [1.165, 1.54) is 6.42 Å². The molecule has 1 N–H and O–H groups in total. The Balaban J connectivity index is 1.70. The Morgan fingerprint density at radius 2 is 1.75 bits per heavy atom. The Morgan fingerprint density at radius 3 is 2.38 bits per heavy atom. The van der Waals surface area contributed by atoms with Gasteiger partial charge >= 0.3 is 0 Å². The number of piperidine rings is 1. The van der Waals surface area contributed by atoms with Crippen LogP contribution in [0.25, 0.3) is 0 Å². The Hall–Kier alpha value is -1.55. The highest BCUT2D eigenvalue weighted by Crippen LogP contribution is 2.38. The van der Waals surface area contributed by atoms with Crippen LogP contribution in [0, 0.1) is 5.41 Å². The van der Waals surface area contributed by atoms with Crippen molar-refractivity contribution in [1.29, 1.82) is 0 Å². The predicted octanol–water partition coefficient (Wildman–Crippen LogP) is 4.48. The van der Waals surface area contributed by atoms with Crippen molar-refractivity contribution in [2.45, 2.75) is 51.9 Å². The van der Waals surface area contributed by atoms with Crippen LogP contribution in [-0.2, 0) is 4.79 Å². The molecule has 2 fully saturated rings. The third kappa shape index (κ3) is 3.59. The van der Waals surface area contributed by atoms with Crippen molar-refractivity contribution < 1.29 is 9.59 Å². The van der Waals surface area contributed by atoms with Crippen molar-refractivity contribution >= 4 is 29.1 Å². The van der Waals surface area contributed by atoms with Crippen LogP contribution in [0.2, 0.25) is 5.02 Å². The number of likely N-dealkylation sites (tertiary alicyclic amines) is 1. The standard InChI is InChI=1S/C19H25ClN2O2/c1-19(9-3-4-10-19)18(24)21-14-7-8-15(16(20)13-14)17(23)22-11-5-2-6-12-22/h7-8,13H,2-6,9-12H2,1H3,(H,21,24). The summed E-state index contributed by atoms with van der Waals surface area (Å²) in [6.45, 7) is 3.61. The van der Waals surface area contributed by atoms with Crippen LogP contribution in [0.3, 0.4) is 0 Å². The number of hydrogen-bond donors (Lipinski definition) is 1. The predicted molar refractivity (Wildman–Crippen MR) is 96.4 cm³/mol. The SMILES string of the molecule is CC1(C(=O)Nc2ccc(C(=O)N3CCCCC3)c(Cl)c2)CCCC1. The number of anilines is 1. The van der Waals surface area contributed by atoms with Gasteiger partial charge in [0.05, 0.1) is 10.6 Å². The summed E-state index contributed by atoms with van der Waals surface area (Å²) in [4.78, 5) is 26.9. The summed E-state index contributed by atoms with van der Waals surface area (Å²) in [5.74, 6) is 0.0338. The van der Waals surface area contributed by atoms with Crippen molar-refractivity contribution in [3.8, 4) is 0 Å². The molecular formula is C19H25ClN2O2. The maximum atomic E-state index is 12.6. The summed E-state index contributed by atoms with van der Waals surface area (Å²) >= 11 is 6.32. The Morgan fingerprint density at radius 1 is 1.08 bits per heavy atom. The van der Waals surface area contributed by atoms with Crippen LogP contribution in [0.4, 0.5) is 5.69 Å². The van der Waals surface area contributed by atoms with E-state index in [0.717, 1.165) is 51.6 Å². The van der Waals surface area contributed by atoms with Gasteiger partial charge in [0, 0.05) is 24.2 Å². The summed E-state index contributed by atoms with van der Waals surface area (Å²) in [6, 6.07) is 5.19. The zero-order valence-corrected chi connectivity index (χ0v) is 15.0. The number of nitrogens with zero attached hydrogens (tertiary/aromatic N) is 1. The maximum absolute atomic E-state index is 12.6. The zero-order chi connectivity index (χ0) is 17.2. The molecule has 1 aromatic carbocycles. The molecule has 0 atom stereocenters. The van der Waals surface area contributed by atoms with Gasteiger partial charge in [-0.15, -0.1) is 0 Å². The van der Waals surface area contributed by atoms with E-state index in [1.54, 1.807) is 18.2 Å². The van der Waals surface area contributed by atoms with Gasteiger partial charge in [-0.2, -0.15) is 0 Å². The maximum Gasteiger partial charge on any atom is 0.255 e. The van der Waals surface area contributed by atoms with Crippen LogP contribution >= 0.6 is 11.6 Å². The van der Waals surface area contributed by atoms with Gasteiger partial charge in [-0.1, -0.05) is 31.4 Å². The molecule has 130 valence electrons. The number of hydrogen-bond acceptors (Lipinski definition) is 2. The zero-order valence-electron chi connectivity index (χ0n) is 14.2. The van der Waals surface area contributed by atoms with Gasteiger partial charge in [0.1, 0.15) is 0 Å². The minimum Gasteiger partial charge on any atom is -0.339 e. The van der Waals surface area contributed by atoms with Gasteiger partial charge in [-0.3, -0.25) is 9.59 Å². The monoisotopic (exact) mass is 348 g/mol. The molecule has 0 unspecified atom stereocenters. The number of carbonyl (C=O) groups excluding carboxylic acids is 2. The summed E-state index contributed by atoms with van der Waals surface area (Å²) in [5, 5.41) is 3.37. The third-order valence-electron chi connectivity index (χ3n) is 5.36. The first-order valence-electron chi connectivity index (χ1n) is 8.90. The smallest absolute Gasteiger partial charge is 0.255 e. The topological polar surface area (TPSA) is 49.4 Å². The summed E-state index contributed by atoms with van der Waals surface area (Å²) in [5.41, 5.74) is 0.895. The fourth-order valence-electron chi connectivity index (χ4n) is 3.70. The Bertz CT molecular complexity index is 632. The fourth-order valence-corrected chi connectivity index (χ4v) is 3.96. The van der Waals surface area contributed by atoms with Crippen molar-refractivity contribution in [2.24, 2.45) is 5.41 Å². The van der Waals surface area contributed by atoms with Crippen LogP contribution in [0.15, 0.2) is 18.2 Å². The summed E-state index contributed by atoms with van der Waals surface area (Å²) in [7, 11) is 0. The molecule has 1 aliphatic heterocycles. The van der Waals surface area contributed by atoms with Crippen molar-refractivity contribution in [3.05, 3.63) is 28.8 Å². The Labute approximate surface area is 148 Å². The van der Waals surface area contributed by atoms with E-state index < -0.39 is 0 Å². The first-order chi connectivity index (χ1) is 11.5. The van der Waals surface area contributed by atoms with Gasteiger partial charge in [0.25, 0.3) is 5.91 Å². The quantitative estimate of drug-likeness (QED) is 0.875. The van der Waals surface area contributed by atoms with Gasteiger partial charge in [-0.05, 0) is 50.3 Å². The second-order valence-corrected chi connectivity index (χ2v) is 7.68. The van der Waals surface area contributed by atoms with Crippen molar-refractivity contribution in [2.75, 3.05) is 18.4 Å². The molecule has 24 heavy (non-hydrogen) atoms. The average molecular weight is 349 g/mol. The third-order valence-corrected chi connectivity index (χ3v) is 5.67. The number of nitrogens with one attached hydrogen (secondary N) is 1. The number of amides is 2. The molecule has 4 nitrogen and oxygen atoms in total. The molecule has 3 rings (SSSR count). The molecule has 1 aromatic rings. The highest BCUT2D eigenvalue weighted by Gasteiger charge is 2.36. The number of benzene rings is 1. The first-order valence-corrected chi connectivity index (χ1v) is 9.28. The van der Waals surface area contributed by atoms with Crippen LogP contribution in [0.1, 0.15) is 62.2 Å². The Kier molecular flexibility index (Phi) is 5.14. The molecule has 1 saturated heterocycles. The van der Waals surface area contributed by atoms with E-state index in [-0.39, 0.29) is 17.2 Å². The lowest BCUT2D eigenvalue weighted by atomic mass is 9.88. The van der Waals surface area contributed by atoms with E-state index in [9.17, 15) is 9.59 Å². The van der Waals surface area contributed by atoms with Crippen LogP contribution < -0.4 is 5.32 Å². The summed E-state index contributed by atoms with van der Waals surface area (Å²) < 4.78 is 0. The summed E-state index contributed by atoms with van der Waals surface area (Å²) in [6.07, 6.45) is 7.35. The lowest BCUT2D eigenvalue weighted by molar-refractivity contribution is -0.124. The van der Waals surface area contributed by atoms with E-state index in [0.29, 0.717) is 16.3 Å². The lowest BCUT2D eigenvalue weighted by Gasteiger charge is -2.27. The molecule has 0 aromatic heterocycles. The van der Waals surface area contributed by atoms with E-state index >= 15 is 0 Å². The molecule has 2 amide bonds. The number of carbonyl (C=O) groups is 2. The van der Waals surface area contributed by atoms with Gasteiger partial charge in [0.15, 0.2) is 0 Å². The second-order valence-electron chi connectivity index (χ2n) is 7.27. The van der Waals surface area contributed by atoms with Crippen LogP contribution in [0.5, 0.6) is 0 Å². The number of rotatable bonds is 3. The van der Waals surface area contributed by atoms with Crippen molar-refractivity contribution in [1.82, 2.24) is 4.90 Å². The molecule has 2 aliphatic rings. The van der Waals surface area contributed by atoms with Crippen LogP contribution in [-0.4, -0.2) is 29.8 Å². The number of halogens is 1. The molecule has 0 spiro atoms. The highest BCUT2D eigenvalue weighted by molar-refractivity contribution is 6.34. The fraction of sp³-hybridized carbons (Fsp3) is 0.579. The largest absolute Gasteiger partial charge is 0.339 e. The molecule has 1 saturated carbocycles. The molecule has 0 radical (unpaired) electrons. The molecule has 5 heteroatoms. The molecule has 1 heterocycles. The molecule has 0 bridgehead atoms. The minimum atomic E-state index is -0.283. The van der Waals surface area contributed by atoms with Gasteiger partial charge in [0.2, 0.25) is 5.91 Å². The lowest BCUT2D eigenvalue weighted by Crippen LogP contribution is -2.35. The normalized spacial score (nSPS) is 20.0. The van der Waals surface area contributed by atoms with E-state index in [1.807, 2.05) is 11.8 Å².